The number of ether oxygens (including phenoxy) is 1. The van der Waals surface area contributed by atoms with Crippen molar-refractivity contribution in [2.24, 2.45) is 0 Å². The molecule has 2 amide bonds. The number of aliphatic hydroxyl groups is 1. The Morgan fingerprint density at radius 3 is 2.07 bits per heavy atom. The number of alkyl halides is 7. The van der Waals surface area contributed by atoms with Crippen molar-refractivity contribution >= 4 is 6.03 Å². The van der Waals surface area contributed by atoms with Crippen LogP contribution in [-0.2, 0) is 12.0 Å². The van der Waals surface area contributed by atoms with Gasteiger partial charge in [0.05, 0.1) is 18.1 Å². The molecular formula is C27H23F9N2O3. The monoisotopic (exact) mass is 594 g/mol. The Morgan fingerprint density at radius 2 is 1.49 bits per heavy atom. The molecule has 0 saturated heterocycles. The number of rotatable bonds is 11. The van der Waals surface area contributed by atoms with Crippen LogP contribution < -0.4 is 15.4 Å². The van der Waals surface area contributed by atoms with Gasteiger partial charge in [-0.1, -0.05) is 42.5 Å². The first-order valence-electron chi connectivity index (χ1n) is 11.9. The summed E-state index contributed by atoms with van der Waals surface area (Å²) < 4.78 is 123. The predicted molar refractivity (Wildman–Crippen MR) is 129 cm³/mol. The number of amides is 2. The van der Waals surface area contributed by atoms with E-state index in [-0.39, 0.29) is 17.5 Å². The minimum atomic E-state index is -5.01. The van der Waals surface area contributed by atoms with Gasteiger partial charge >= 0.3 is 24.7 Å². The Bertz CT molecular complexity index is 1310. The fourth-order valence-corrected chi connectivity index (χ4v) is 4.05. The molecule has 0 aromatic heterocycles. The lowest BCUT2D eigenvalue weighted by Crippen LogP contribution is -2.53. The van der Waals surface area contributed by atoms with Crippen LogP contribution in [0.2, 0.25) is 0 Å². The van der Waals surface area contributed by atoms with Gasteiger partial charge < -0.3 is 20.5 Å². The molecule has 0 aliphatic rings. The third-order valence-corrected chi connectivity index (χ3v) is 5.81. The fourth-order valence-electron chi connectivity index (χ4n) is 4.05. The number of carbonyl (C=O) groups is 1. The van der Waals surface area contributed by atoms with Crippen molar-refractivity contribution in [3.63, 3.8) is 0 Å². The van der Waals surface area contributed by atoms with Crippen LogP contribution in [-0.4, -0.2) is 42.5 Å². The average Bonchev–Trinajstić information content (AvgIpc) is 2.86. The van der Waals surface area contributed by atoms with Gasteiger partial charge in [-0.15, -0.1) is 0 Å². The van der Waals surface area contributed by atoms with E-state index in [1.165, 1.54) is 12.1 Å². The van der Waals surface area contributed by atoms with Crippen molar-refractivity contribution in [2.75, 3.05) is 6.54 Å². The lowest BCUT2D eigenvalue weighted by Gasteiger charge is -2.37. The molecule has 0 aliphatic heterocycles. The van der Waals surface area contributed by atoms with Crippen LogP contribution in [0.4, 0.5) is 44.3 Å². The Morgan fingerprint density at radius 1 is 0.854 bits per heavy atom. The highest BCUT2D eigenvalue weighted by molar-refractivity contribution is 5.76. The minimum absolute atomic E-state index is 0.0471. The Hall–Kier alpha value is -3.94. The molecule has 0 bridgehead atoms. The first-order valence-corrected chi connectivity index (χ1v) is 11.9. The highest BCUT2D eigenvalue weighted by Gasteiger charge is 2.45. The molecule has 222 valence electrons. The molecular weight excluding hydrogens is 571 g/mol. The van der Waals surface area contributed by atoms with E-state index in [1.807, 2.05) is 0 Å². The lowest BCUT2D eigenvalue weighted by molar-refractivity contribution is -0.253. The van der Waals surface area contributed by atoms with Crippen molar-refractivity contribution in [3.05, 3.63) is 101 Å². The number of urea groups is 1. The summed E-state index contributed by atoms with van der Waals surface area (Å²) in [6.07, 6.45) is -18.0. The standard InChI is InChI=1S/C27H23F9N2O3/c28-19-8-6-17(7-9-19)25(13-16-4-2-1-3-5-16,38-24(40)37-15-21(39)14-26(32,33)34)18-10-20(29)12-22(11-18)41-27(35,36)23(30)31/h1-12,21,23,39H,13-15H2,(H2,37,38,40). The number of hydrogen-bond donors (Lipinski definition) is 3. The van der Waals surface area contributed by atoms with E-state index < -0.39 is 66.7 Å². The quantitative estimate of drug-likeness (QED) is 0.228. The van der Waals surface area contributed by atoms with E-state index in [0.29, 0.717) is 11.6 Å². The molecule has 2 unspecified atom stereocenters. The van der Waals surface area contributed by atoms with Gasteiger partial charge in [-0.2, -0.15) is 30.7 Å². The van der Waals surface area contributed by atoms with Crippen molar-refractivity contribution in [1.29, 1.82) is 0 Å². The van der Waals surface area contributed by atoms with E-state index in [9.17, 15) is 49.4 Å². The van der Waals surface area contributed by atoms with Crippen molar-refractivity contribution < 1.29 is 54.2 Å². The van der Waals surface area contributed by atoms with Gasteiger partial charge in [0, 0.05) is 19.0 Å². The molecule has 5 nitrogen and oxygen atoms in total. The zero-order chi connectivity index (χ0) is 30.4. The molecule has 0 aliphatic carbocycles. The number of nitrogens with one attached hydrogen (secondary N) is 2. The second-order valence-electron chi connectivity index (χ2n) is 9.02. The molecule has 0 fully saturated rings. The van der Waals surface area contributed by atoms with Crippen LogP contribution in [0.5, 0.6) is 5.75 Å². The van der Waals surface area contributed by atoms with Gasteiger partial charge in [-0.3, -0.25) is 0 Å². The maximum atomic E-state index is 14.8. The van der Waals surface area contributed by atoms with Crippen LogP contribution in [0.15, 0.2) is 72.8 Å². The van der Waals surface area contributed by atoms with E-state index in [2.05, 4.69) is 15.4 Å². The molecule has 3 aromatic carbocycles. The van der Waals surface area contributed by atoms with Gasteiger partial charge in [-0.25, -0.2) is 13.6 Å². The third-order valence-electron chi connectivity index (χ3n) is 5.81. The van der Waals surface area contributed by atoms with E-state index in [0.717, 1.165) is 24.3 Å². The molecule has 0 saturated carbocycles. The first-order chi connectivity index (χ1) is 19.1. The molecule has 3 aromatic rings. The summed E-state index contributed by atoms with van der Waals surface area (Å²) >= 11 is 0. The van der Waals surface area contributed by atoms with Gasteiger partial charge in [-0.05, 0) is 41.0 Å². The van der Waals surface area contributed by atoms with Crippen molar-refractivity contribution in [1.82, 2.24) is 10.6 Å². The molecule has 0 radical (unpaired) electrons. The molecule has 14 heteroatoms. The van der Waals surface area contributed by atoms with Crippen LogP contribution in [0.1, 0.15) is 23.1 Å². The van der Waals surface area contributed by atoms with Gasteiger partial charge in [0.25, 0.3) is 0 Å². The van der Waals surface area contributed by atoms with Gasteiger partial charge in [0.1, 0.15) is 17.4 Å². The van der Waals surface area contributed by atoms with Crippen LogP contribution in [0, 0.1) is 11.6 Å². The summed E-state index contributed by atoms with van der Waals surface area (Å²) in [7, 11) is 0. The first kappa shape index (κ1) is 31.6. The maximum absolute atomic E-state index is 14.8. The number of hydrogen-bond acceptors (Lipinski definition) is 3. The number of benzene rings is 3. The highest BCUT2D eigenvalue weighted by Crippen LogP contribution is 2.38. The van der Waals surface area contributed by atoms with Crippen molar-refractivity contribution in [2.45, 2.75) is 43.2 Å². The van der Waals surface area contributed by atoms with Crippen LogP contribution >= 0.6 is 0 Å². The SMILES string of the molecule is O=C(NCC(O)CC(F)(F)F)NC(Cc1ccccc1)(c1ccc(F)cc1)c1cc(F)cc(OC(F)(F)C(F)F)c1. The largest absolute Gasteiger partial charge is 0.461 e. The molecule has 0 spiro atoms. The molecule has 2 atom stereocenters. The molecule has 3 rings (SSSR count). The van der Waals surface area contributed by atoms with Crippen LogP contribution in [0.25, 0.3) is 0 Å². The second kappa shape index (κ2) is 12.7. The lowest BCUT2D eigenvalue weighted by atomic mass is 9.77. The third kappa shape index (κ3) is 8.77. The van der Waals surface area contributed by atoms with Gasteiger partial charge in [0.15, 0.2) is 0 Å². The van der Waals surface area contributed by atoms with Crippen molar-refractivity contribution in [3.8, 4) is 5.75 Å². The number of aliphatic hydroxyl groups excluding tert-OH is 1. The Balaban J connectivity index is 2.13. The fraction of sp³-hybridized carbons (Fsp3) is 0.296. The van der Waals surface area contributed by atoms with Gasteiger partial charge in [0.2, 0.25) is 0 Å². The minimum Gasteiger partial charge on any atom is -0.428 e. The summed E-state index contributed by atoms with van der Waals surface area (Å²) in [5.74, 6) is -2.99. The normalized spacial score (nSPS) is 14.3. The zero-order valence-corrected chi connectivity index (χ0v) is 20.9. The predicted octanol–water partition coefficient (Wildman–Crippen LogP) is 6.30. The summed E-state index contributed by atoms with van der Waals surface area (Å²) in [5, 5.41) is 14.2. The Labute approximate surface area is 227 Å². The van der Waals surface area contributed by atoms with E-state index >= 15 is 0 Å². The smallest absolute Gasteiger partial charge is 0.428 e. The molecule has 0 heterocycles. The summed E-state index contributed by atoms with van der Waals surface area (Å²) in [6, 6.07) is 13.1. The topological polar surface area (TPSA) is 70.6 Å². The van der Waals surface area contributed by atoms with E-state index in [1.54, 1.807) is 30.3 Å². The average molecular weight is 594 g/mol. The number of halogens is 9. The number of carbonyl (C=O) groups excluding carboxylic acids is 1. The second-order valence-corrected chi connectivity index (χ2v) is 9.02. The zero-order valence-electron chi connectivity index (χ0n) is 20.9. The highest BCUT2D eigenvalue weighted by atomic mass is 19.4. The summed E-state index contributed by atoms with van der Waals surface area (Å²) in [4.78, 5) is 13.0. The Kier molecular flexibility index (Phi) is 9.79. The van der Waals surface area contributed by atoms with Crippen LogP contribution in [0.3, 0.4) is 0 Å². The maximum Gasteiger partial charge on any atom is 0.461 e. The summed E-state index contributed by atoms with van der Waals surface area (Å²) in [6.45, 7) is -0.867. The summed E-state index contributed by atoms with van der Waals surface area (Å²) in [5.41, 5.74) is -1.78. The van der Waals surface area contributed by atoms with E-state index in [4.69, 9.17) is 0 Å². The molecule has 3 N–H and O–H groups in total. The molecule has 41 heavy (non-hydrogen) atoms.